The molecule has 8 heteroatoms. The van der Waals surface area contributed by atoms with E-state index in [0.717, 1.165) is 0 Å². The molecule has 2 N–H and O–H groups in total. The third-order valence-electron chi connectivity index (χ3n) is 2.54. The number of hydrogen-bond donors (Lipinski definition) is 2. The Hall–Kier alpha value is -2.56. The van der Waals surface area contributed by atoms with Crippen LogP contribution in [0.4, 0.5) is 13.2 Å². The first-order chi connectivity index (χ1) is 9.73. The molecule has 1 unspecified atom stereocenters. The van der Waals surface area contributed by atoms with Gasteiger partial charge in [0.15, 0.2) is 0 Å². The fourth-order valence-electron chi connectivity index (χ4n) is 1.54. The predicted octanol–water partition coefficient (Wildman–Crippen LogP) is 1.89. The molecule has 0 fully saturated rings. The van der Waals surface area contributed by atoms with Gasteiger partial charge >= 0.3 is 12.1 Å². The average molecular weight is 300 g/mol. The zero-order valence-corrected chi connectivity index (χ0v) is 10.6. The van der Waals surface area contributed by atoms with Gasteiger partial charge in [-0.25, -0.2) is 4.79 Å². The van der Waals surface area contributed by atoms with Crippen molar-refractivity contribution >= 4 is 11.9 Å². The lowest BCUT2D eigenvalue weighted by molar-refractivity contribution is -0.157. The summed E-state index contributed by atoms with van der Waals surface area (Å²) in [5.74, 6) is -2.68. The number of benzene rings is 1. The quantitative estimate of drug-likeness (QED) is 0.868. The maximum Gasteiger partial charge on any atom is 0.391 e. The van der Waals surface area contributed by atoms with E-state index >= 15 is 0 Å². The smallest absolute Gasteiger partial charge is 0.391 e. The second-order valence-electron chi connectivity index (χ2n) is 4.22. The molecule has 0 bridgehead atoms. The van der Waals surface area contributed by atoms with Crippen LogP contribution in [0.15, 0.2) is 24.3 Å². The van der Waals surface area contributed by atoms with Gasteiger partial charge in [0.05, 0.1) is 18.9 Å². The van der Waals surface area contributed by atoms with E-state index < -0.39 is 30.5 Å². The summed E-state index contributed by atoms with van der Waals surface area (Å²) in [6.07, 6.45) is -6.22. The van der Waals surface area contributed by atoms with Crippen molar-refractivity contribution in [1.82, 2.24) is 5.32 Å². The second-order valence-corrected chi connectivity index (χ2v) is 4.22. The summed E-state index contributed by atoms with van der Waals surface area (Å²) in [4.78, 5) is 22.4. The molecule has 1 aromatic carbocycles. The van der Waals surface area contributed by atoms with E-state index in [4.69, 9.17) is 10.4 Å². The Kier molecular flexibility index (Phi) is 5.30. The van der Waals surface area contributed by atoms with Gasteiger partial charge in [-0.1, -0.05) is 12.1 Å². The summed E-state index contributed by atoms with van der Waals surface area (Å²) < 4.78 is 36.6. The van der Waals surface area contributed by atoms with Gasteiger partial charge < -0.3 is 10.4 Å². The molecule has 0 radical (unpaired) electrons. The fourth-order valence-corrected chi connectivity index (χ4v) is 1.54. The van der Waals surface area contributed by atoms with Gasteiger partial charge in [0.2, 0.25) is 0 Å². The number of aliphatic carboxylic acids is 1. The number of nitriles is 1. The Bertz CT molecular complexity index is 562. The Morgan fingerprint density at radius 3 is 2.29 bits per heavy atom. The van der Waals surface area contributed by atoms with Gasteiger partial charge in [0.25, 0.3) is 5.91 Å². The highest BCUT2D eigenvalue weighted by Gasteiger charge is 2.36. The highest BCUT2D eigenvalue weighted by molar-refractivity contribution is 5.96. The zero-order chi connectivity index (χ0) is 16.0. The van der Waals surface area contributed by atoms with Crippen molar-refractivity contribution in [3.8, 4) is 6.07 Å². The van der Waals surface area contributed by atoms with Crippen LogP contribution in [-0.4, -0.2) is 29.2 Å². The number of alkyl halides is 3. The number of carboxylic acids is 1. The summed E-state index contributed by atoms with van der Waals surface area (Å²) in [5.41, 5.74) is 0.657. The second kappa shape index (κ2) is 6.74. The summed E-state index contributed by atoms with van der Waals surface area (Å²) >= 11 is 0. The van der Waals surface area contributed by atoms with Crippen molar-refractivity contribution in [2.24, 2.45) is 0 Å². The Labute approximate surface area is 118 Å². The number of carbonyl (C=O) groups excluding carboxylic acids is 1. The van der Waals surface area contributed by atoms with Crippen LogP contribution in [0, 0.1) is 11.3 Å². The first-order valence-electron chi connectivity index (χ1n) is 5.79. The van der Waals surface area contributed by atoms with E-state index in [1.165, 1.54) is 24.3 Å². The third-order valence-corrected chi connectivity index (χ3v) is 2.54. The summed E-state index contributed by atoms with van der Waals surface area (Å²) in [6, 6.07) is 5.42. The summed E-state index contributed by atoms with van der Waals surface area (Å²) in [6.45, 7) is 0. The number of nitrogens with zero attached hydrogens (tertiary/aromatic N) is 1. The Morgan fingerprint density at radius 2 is 1.86 bits per heavy atom. The molecule has 0 aromatic heterocycles. The molecule has 0 spiro atoms. The lowest BCUT2D eigenvalue weighted by Crippen LogP contribution is -2.43. The standard InChI is InChI=1S/C13H11F3N2O3/c14-13(15,16)7-10(12(20)21)18-11(19)9-3-1-8(2-4-9)5-6-17/h1-4,10H,5,7H2,(H,18,19)(H,20,21). The Balaban J connectivity index is 2.78. The zero-order valence-electron chi connectivity index (χ0n) is 10.6. The average Bonchev–Trinajstić information content (AvgIpc) is 2.37. The van der Waals surface area contributed by atoms with Crippen LogP contribution in [0.3, 0.4) is 0 Å². The lowest BCUT2D eigenvalue weighted by atomic mass is 10.1. The highest BCUT2D eigenvalue weighted by Crippen LogP contribution is 2.21. The molecule has 21 heavy (non-hydrogen) atoms. The van der Waals surface area contributed by atoms with Crippen LogP contribution in [0.2, 0.25) is 0 Å². The predicted molar refractivity (Wildman–Crippen MR) is 65.3 cm³/mol. The van der Waals surface area contributed by atoms with Gasteiger partial charge in [0.1, 0.15) is 6.04 Å². The van der Waals surface area contributed by atoms with E-state index in [0.29, 0.717) is 5.56 Å². The van der Waals surface area contributed by atoms with Gasteiger partial charge in [-0.15, -0.1) is 0 Å². The van der Waals surface area contributed by atoms with Crippen molar-refractivity contribution in [1.29, 1.82) is 5.26 Å². The van der Waals surface area contributed by atoms with Crippen LogP contribution >= 0.6 is 0 Å². The molecule has 112 valence electrons. The molecular weight excluding hydrogens is 289 g/mol. The maximum atomic E-state index is 12.2. The number of hydrogen-bond acceptors (Lipinski definition) is 3. The van der Waals surface area contributed by atoms with Crippen LogP contribution in [0.5, 0.6) is 0 Å². The molecular formula is C13H11F3N2O3. The number of carbonyl (C=O) groups is 2. The number of halogens is 3. The number of carboxylic acid groups (broad SMARTS) is 1. The molecule has 5 nitrogen and oxygen atoms in total. The van der Waals surface area contributed by atoms with Crippen LogP contribution in [0.1, 0.15) is 22.3 Å². The molecule has 1 aromatic rings. The molecule has 0 saturated carbocycles. The van der Waals surface area contributed by atoms with Crippen molar-refractivity contribution in [3.63, 3.8) is 0 Å². The minimum absolute atomic E-state index is 0.0186. The van der Waals surface area contributed by atoms with E-state index in [-0.39, 0.29) is 12.0 Å². The molecule has 1 rings (SSSR count). The number of amides is 1. The molecule has 0 aliphatic heterocycles. The largest absolute Gasteiger partial charge is 0.480 e. The number of rotatable bonds is 5. The maximum absolute atomic E-state index is 12.2. The number of nitrogens with one attached hydrogen (secondary N) is 1. The van der Waals surface area contributed by atoms with E-state index in [1.54, 1.807) is 0 Å². The van der Waals surface area contributed by atoms with Gasteiger partial charge in [-0.2, -0.15) is 18.4 Å². The highest BCUT2D eigenvalue weighted by atomic mass is 19.4. The Morgan fingerprint density at radius 1 is 1.29 bits per heavy atom. The first-order valence-corrected chi connectivity index (χ1v) is 5.79. The van der Waals surface area contributed by atoms with Crippen LogP contribution < -0.4 is 5.32 Å². The van der Waals surface area contributed by atoms with E-state index in [1.807, 2.05) is 11.4 Å². The normalized spacial score (nSPS) is 12.3. The minimum atomic E-state index is -4.70. The molecule has 0 aliphatic rings. The van der Waals surface area contributed by atoms with Crippen molar-refractivity contribution in [2.75, 3.05) is 0 Å². The molecule has 0 heterocycles. The minimum Gasteiger partial charge on any atom is -0.480 e. The van der Waals surface area contributed by atoms with E-state index in [9.17, 15) is 22.8 Å². The van der Waals surface area contributed by atoms with Crippen molar-refractivity contribution in [2.45, 2.75) is 25.1 Å². The van der Waals surface area contributed by atoms with Gasteiger partial charge in [-0.3, -0.25) is 4.79 Å². The molecule has 1 amide bonds. The van der Waals surface area contributed by atoms with Gasteiger partial charge in [0, 0.05) is 5.56 Å². The topological polar surface area (TPSA) is 90.2 Å². The van der Waals surface area contributed by atoms with Crippen LogP contribution in [0.25, 0.3) is 0 Å². The third kappa shape index (κ3) is 5.52. The van der Waals surface area contributed by atoms with Crippen molar-refractivity contribution < 1.29 is 27.9 Å². The van der Waals surface area contributed by atoms with Crippen molar-refractivity contribution in [3.05, 3.63) is 35.4 Å². The van der Waals surface area contributed by atoms with E-state index in [2.05, 4.69) is 0 Å². The van der Waals surface area contributed by atoms with Crippen LogP contribution in [-0.2, 0) is 11.2 Å². The lowest BCUT2D eigenvalue weighted by Gasteiger charge is -2.16. The first kappa shape index (κ1) is 16.5. The molecule has 1 atom stereocenters. The fraction of sp³-hybridized carbons (Fsp3) is 0.308. The van der Waals surface area contributed by atoms with Gasteiger partial charge in [-0.05, 0) is 17.7 Å². The SMILES string of the molecule is N#CCc1ccc(C(=O)NC(CC(F)(F)F)C(=O)O)cc1. The molecule has 0 saturated heterocycles. The molecule has 0 aliphatic carbocycles. The monoisotopic (exact) mass is 300 g/mol. The summed E-state index contributed by atoms with van der Waals surface area (Å²) in [7, 11) is 0. The summed E-state index contributed by atoms with van der Waals surface area (Å²) in [5, 5.41) is 19.0.